The molecule has 3 aromatic rings. The van der Waals surface area contributed by atoms with Gasteiger partial charge in [0.1, 0.15) is 6.04 Å². The third-order valence-electron chi connectivity index (χ3n) is 5.50. The van der Waals surface area contributed by atoms with Crippen molar-refractivity contribution in [1.82, 2.24) is 4.90 Å². The Kier molecular flexibility index (Phi) is 5.91. The molecule has 0 aliphatic carbocycles. The van der Waals surface area contributed by atoms with Gasteiger partial charge in [0, 0.05) is 6.54 Å². The summed E-state index contributed by atoms with van der Waals surface area (Å²) in [7, 11) is 0. The SMILES string of the molecule is O=C(O)C1CCCN1C(c1ccc(-c2ccccc2)cc1)c1ccc(Cl)c(Cl)c1. The van der Waals surface area contributed by atoms with Crippen molar-refractivity contribution in [2.75, 3.05) is 6.54 Å². The number of rotatable bonds is 5. The molecule has 4 rings (SSSR count). The fraction of sp³-hybridized carbons (Fsp3) is 0.208. The van der Waals surface area contributed by atoms with Gasteiger partial charge in [-0.05, 0) is 47.2 Å². The molecule has 2 atom stereocenters. The van der Waals surface area contributed by atoms with E-state index in [0.29, 0.717) is 16.5 Å². The third kappa shape index (κ3) is 4.18. The Morgan fingerprint density at radius 3 is 2.21 bits per heavy atom. The fourth-order valence-electron chi connectivity index (χ4n) is 4.11. The van der Waals surface area contributed by atoms with Gasteiger partial charge < -0.3 is 5.11 Å². The average Bonchev–Trinajstić information content (AvgIpc) is 3.22. The highest BCUT2D eigenvalue weighted by Crippen LogP contribution is 2.37. The van der Waals surface area contributed by atoms with Crippen LogP contribution in [0.3, 0.4) is 0 Å². The molecule has 5 heteroatoms. The summed E-state index contributed by atoms with van der Waals surface area (Å²) in [6.45, 7) is 0.725. The number of hydrogen-bond acceptors (Lipinski definition) is 2. The van der Waals surface area contributed by atoms with Crippen LogP contribution in [0.4, 0.5) is 0 Å². The normalized spacial score (nSPS) is 17.9. The molecule has 0 spiro atoms. The number of aliphatic carboxylic acids is 1. The smallest absolute Gasteiger partial charge is 0.320 e. The maximum Gasteiger partial charge on any atom is 0.320 e. The van der Waals surface area contributed by atoms with Crippen LogP contribution in [0.1, 0.15) is 30.0 Å². The van der Waals surface area contributed by atoms with Gasteiger partial charge >= 0.3 is 5.97 Å². The Bertz CT molecular complexity index is 1010. The molecule has 0 amide bonds. The Balaban J connectivity index is 1.75. The lowest BCUT2D eigenvalue weighted by Gasteiger charge is -2.32. The van der Waals surface area contributed by atoms with E-state index in [1.807, 2.05) is 30.3 Å². The first-order valence-corrected chi connectivity index (χ1v) is 10.4. The van der Waals surface area contributed by atoms with Gasteiger partial charge in [-0.15, -0.1) is 0 Å². The zero-order valence-electron chi connectivity index (χ0n) is 15.8. The average molecular weight is 426 g/mol. The molecule has 1 aliphatic heterocycles. The lowest BCUT2D eigenvalue weighted by Crippen LogP contribution is -2.39. The van der Waals surface area contributed by atoms with Crippen LogP contribution >= 0.6 is 23.2 Å². The second-order valence-electron chi connectivity index (χ2n) is 7.30. The molecule has 0 aromatic heterocycles. The van der Waals surface area contributed by atoms with Crippen LogP contribution in [0, 0.1) is 0 Å². The third-order valence-corrected chi connectivity index (χ3v) is 6.24. The summed E-state index contributed by atoms with van der Waals surface area (Å²) in [6, 6.07) is 23.3. The zero-order valence-corrected chi connectivity index (χ0v) is 17.3. The minimum Gasteiger partial charge on any atom is -0.480 e. The number of halogens is 2. The fourth-order valence-corrected chi connectivity index (χ4v) is 4.42. The molecule has 3 aromatic carbocycles. The zero-order chi connectivity index (χ0) is 20.4. The second kappa shape index (κ2) is 8.58. The van der Waals surface area contributed by atoms with Gasteiger partial charge in [-0.2, -0.15) is 0 Å². The number of carbonyl (C=O) groups is 1. The Morgan fingerprint density at radius 2 is 1.55 bits per heavy atom. The number of benzene rings is 3. The number of carboxylic acid groups (broad SMARTS) is 1. The molecule has 1 N–H and O–H groups in total. The molecular formula is C24H21Cl2NO2. The molecule has 1 aliphatic rings. The van der Waals surface area contributed by atoms with E-state index in [2.05, 4.69) is 41.3 Å². The van der Waals surface area contributed by atoms with Gasteiger partial charge in [-0.3, -0.25) is 9.69 Å². The van der Waals surface area contributed by atoms with E-state index < -0.39 is 12.0 Å². The maximum absolute atomic E-state index is 11.9. The predicted octanol–water partition coefficient (Wildman–Crippen LogP) is 6.30. The van der Waals surface area contributed by atoms with Crippen molar-refractivity contribution in [1.29, 1.82) is 0 Å². The standard InChI is InChI=1S/C24H21Cl2NO2/c25-20-13-12-19(15-21(20)26)23(27-14-4-7-22(27)24(28)29)18-10-8-17(9-11-18)16-5-2-1-3-6-16/h1-3,5-6,8-13,15,22-23H,4,7,14H2,(H,28,29). The monoisotopic (exact) mass is 425 g/mol. The molecule has 0 bridgehead atoms. The van der Waals surface area contributed by atoms with Gasteiger partial charge in [-0.1, -0.05) is 83.9 Å². The molecule has 29 heavy (non-hydrogen) atoms. The van der Waals surface area contributed by atoms with Crippen LogP contribution in [0.5, 0.6) is 0 Å². The van der Waals surface area contributed by atoms with Crippen LogP contribution in [0.25, 0.3) is 11.1 Å². The topological polar surface area (TPSA) is 40.5 Å². The molecule has 0 radical (unpaired) electrons. The highest BCUT2D eigenvalue weighted by atomic mass is 35.5. The summed E-state index contributed by atoms with van der Waals surface area (Å²) >= 11 is 12.4. The summed E-state index contributed by atoms with van der Waals surface area (Å²) in [6.07, 6.45) is 1.51. The molecule has 1 heterocycles. The number of likely N-dealkylation sites (tertiary alicyclic amines) is 1. The first kappa shape index (κ1) is 20.0. The summed E-state index contributed by atoms with van der Waals surface area (Å²) in [5.41, 5.74) is 4.25. The lowest BCUT2D eigenvalue weighted by atomic mass is 9.94. The molecule has 3 nitrogen and oxygen atoms in total. The number of carboxylic acids is 1. The molecule has 1 fully saturated rings. The van der Waals surface area contributed by atoms with Crippen molar-refractivity contribution in [3.05, 3.63) is 94.0 Å². The first-order chi connectivity index (χ1) is 14.0. The van der Waals surface area contributed by atoms with Crippen molar-refractivity contribution in [3.8, 4) is 11.1 Å². The number of nitrogens with zero attached hydrogens (tertiary/aromatic N) is 1. The minimum absolute atomic E-state index is 0.196. The van der Waals surface area contributed by atoms with Gasteiger partial charge in [0.2, 0.25) is 0 Å². The van der Waals surface area contributed by atoms with Crippen LogP contribution in [-0.2, 0) is 4.79 Å². The molecular weight excluding hydrogens is 405 g/mol. The summed E-state index contributed by atoms with van der Waals surface area (Å²) < 4.78 is 0. The molecule has 1 saturated heterocycles. The predicted molar refractivity (Wildman–Crippen MR) is 118 cm³/mol. The minimum atomic E-state index is -0.784. The van der Waals surface area contributed by atoms with Crippen molar-refractivity contribution in [2.45, 2.75) is 24.9 Å². The van der Waals surface area contributed by atoms with Crippen molar-refractivity contribution >= 4 is 29.2 Å². The molecule has 2 unspecified atom stereocenters. The van der Waals surface area contributed by atoms with E-state index in [1.54, 1.807) is 6.07 Å². The van der Waals surface area contributed by atoms with Crippen molar-refractivity contribution in [3.63, 3.8) is 0 Å². The molecule has 148 valence electrons. The number of hydrogen-bond donors (Lipinski definition) is 1. The highest BCUT2D eigenvalue weighted by Gasteiger charge is 2.37. The second-order valence-corrected chi connectivity index (χ2v) is 8.11. The molecule has 0 saturated carbocycles. The van der Waals surface area contributed by atoms with Crippen LogP contribution in [0.15, 0.2) is 72.8 Å². The van der Waals surface area contributed by atoms with Crippen LogP contribution in [0.2, 0.25) is 10.0 Å². The summed E-state index contributed by atoms with van der Waals surface area (Å²) in [4.78, 5) is 13.9. The maximum atomic E-state index is 11.9. The summed E-state index contributed by atoms with van der Waals surface area (Å²) in [5, 5.41) is 10.7. The van der Waals surface area contributed by atoms with E-state index >= 15 is 0 Å². The van der Waals surface area contributed by atoms with Crippen LogP contribution < -0.4 is 0 Å². The van der Waals surface area contributed by atoms with E-state index in [4.69, 9.17) is 23.2 Å². The van der Waals surface area contributed by atoms with E-state index in [1.165, 1.54) is 0 Å². The van der Waals surface area contributed by atoms with Crippen molar-refractivity contribution in [2.24, 2.45) is 0 Å². The lowest BCUT2D eigenvalue weighted by molar-refractivity contribution is -0.142. The first-order valence-electron chi connectivity index (χ1n) is 9.63. The quantitative estimate of drug-likeness (QED) is 0.521. The van der Waals surface area contributed by atoms with Gasteiger partial charge in [-0.25, -0.2) is 0 Å². The van der Waals surface area contributed by atoms with Gasteiger partial charge in [0.25, 0.3) is 0 Å². The largest absolute Gasteiger partial charge is 0.480 e. The summed E-state index contributed by atoms with van der Waals surface area (Å²) in [5.74, 6) is -0.784. The van der Waals surface area contributed by atoms with E-state index in [9.17, 15) is 9.90 Å². The van der Waals surface area contributed by atoms with Gasteiger partial charge in [0.05, 0.1) is 16.1 Å². The van der Waals surface area contributed by atoms with Crippen LogP contribution in [-0.4, -0.2) is 28.6 Å². The Morgan fingerprint density at radius 1 is 0.897 bits per heavy atom. The highest BCUT2D eigenvalue weighted by molar-refractivity contribution is 6.42. The van der Waals surface area contributed by atoms with Crippen molar-refractivity contribution < 1.29 is 9.90 Å². The Labute approximate surface area is 180 Å². The van der Waals surface area contributed by atoms with E-state index in [0.717, 1.165) is 35.2 Å². The Hall–Kier alpha value is -2.33. The van der Waals surface area contributed by atoms with E-state index in [-0.39, 0.29) is 6.04 Å². The van der Waals surface area contributed by atoms with Gasteiger partial charge in [0.15, 0.2) is 0 Å².